The highest BCUT2D eigenvalue weighted by Crippen LogP contribution is 2.13. The first-order chi connectivity index (χ1) is 9.65. The number of carbonyl (C=O) groups excluding carboxylic acids is 1. The average molecular weight is 272 g/mol. The van der Waals surface area contributed by atoms with Crippen LogP contribution >= 0.6 is 0 Å². The first kappa shape index (κ1) is 12.3. The molecule has 3 heterocycles. The van der Waals surface area contributed by atoms with E-state index in [2.05, 4.69) is 9.97 Å². The number of carboxylic acids is 1. The minimum atomic E-state index is -1.14. The van der Waals surface area contributed by atoms with E-state index in [1.807, 2.05) is 10.8 Å². The van der Waals surface area contributed by atoms with Crippen molar-refractivity contribution < 1.29 is 14.7 Å². The van der Waals surface area contributed by atoms with E-state index in [-0.39, 0.29) is 17.3 Å². The Hall–Kier alpha value is -2.70. The molecule has 102 valence electrons. The van der Waals surface area contributed by atoms with E-state index >= 15 is 0 Å². The molecule has 20 heavy (non-hydrogen) atoms. The number of hydrogen-bond acceptors (Lipinski definition) is 4. The highest BCUT2D eigenvalue weighted by atomic mass is 16.4. The minimum absolute atomic E-state index is 0.130. The fourth-order valence-electron chi connectivity index (χ4n) is 2.18. The highest BCUT2D eigenvalue weighted by molar-refractivity contribution is 5.94. The fourth-order valence-corrected chi connectivity index (χ4v) is 2.18. The van der Waals surface area contributed by atoms with E-state index in [4.69, 9.17) is 5.11 Å². The number of rotatable bonds is 2. The number of nitrogens with zero attached hydrogens (tertiary/aromatic N) is 4. The summed E-state index contributed by atoms with van der Waals surface area (Å²) >= 11 is 0. The van der Waals surface area contributed by atoms with Crippen molar-refractivity contribution in [1.82, 2.24) is 19.4 Å². The Labute approximate surface area is 114 Å². The van der Waals surface area contributed by atoms with E-state index in [9.17, 15) is 9.59 Å². The van der Waals surface area contributed by atoms with Gasteiger partial charge in [0.2, 0.25) is 0 Å². The Kier molecular flexibility index (Phi) is 2.94. The first-order valence-electron chi connectivity index (χ1n) is 6.15. The molecule has 0 bridgehead atoms. The zero-order valence-corrected chi connectivity index (χ0v) is 10.6. The van der Waals surface area contributed by atoms with E-state index < -0.39 is 5.97 Å². The monoisotopic (exact) mass is 272 g/mol. The minimum Gasteiger partial charge on any atom is -0.477 e. The molecule has 2 aromatic rings. The molecule has 0 radical (unpaired) electrons. The number of imidazole rings is 1. The molecular formula is C13H12N4O3. The molecule has 1 aliphatic heterocycles. The third-order valence-corrected chi connectivity index (χ3v) is 3.22. The lowest BCUT2D eigenvalue weighted by molar-refractivity contribution is 0.0687. The maximum atomic E-state index is 12.3. The van der Waals surface area contributed by atoms with Crippen LogP contribution in [-0.2, 0) is 13.1 Å². The summed E-state index contributed by atoms with van der Waals surface area (Å²) in [5.74, 6) is -0.602. The molecule has 0 saturated carbocycles. The summed E-state index contributed by atoms with van der Waals surface area (Å²) in [6.45, 7) is 1.64. The normalized spacial score (nSPS) is 13.9. The number of carbonyl (C=O) groups is 2. The summed E-state index contributed by atoms with van der Waals surface area (Å²) in [5.41, 5.74) is 0.0132. The number of aromatic carboxylic acids is 1. The number of carboxylic acid groups (broad SMARTS) is 1. The molecule has 0 aromatic carbocycles. The number of fused-ring (bicyclic) bond motifs is 1. The predicted molar refractivity (Wildman–Crippen MR) is 68.2 cm³/mol. The van der Waals surface area contributed by atoms with Crippen LogP contribution in [-0.4, -0.2) is 43.0 Å². The summed E-state index contributed by atoms with van der Waals surface area (Å²) in [5, 5.41) is 8.90. The third kappa shape index (κ3) is 2.13. The number of hydrogen-bond donors (Lipinski definition) is 1. The van der Waals surface area contributed by atoms with Crippen LogP contribution in [0.5, 0.6) is 0 Å². The zero-order valence-electron chi connectivity index (χ0n) is 10.6. The predicted octanol–water partition coefficient (Wildman–Crippen LogP) is 0.632. The van der Waals surface area contributed by atoms with Gasteiger partial charge < -0.3 is 14.6 Å². The van der Waals surface area contributed by atoms with E-state index in [0.29, 0.717) is 19.6 Å². The van der Waals surface area contributed by atoms with E-state index in [1.54, 1.807) is 11.1 Å². The van der Waals surface area contributed by atoms with Crippen LogP contribution < -0.4 is 0 Å². The van der Waals surface area contributed by atoms with Gasteiger partial charge in [-0.1, -0.05) is 6.07 Å². The molecule has 2 aromatic heterocycles. The first-order valence-corrected chi connectivity index (χ1v) is 6.15. The Morgan fingerprint density at radius 1 is 1.20 bits per heavy atom. The molecule has 0 saturated heterocycles. The molecule has 0 aliphatic carbocycles. The van der Waals surface area contributed by atoms with Gasteiger partial charge in [0, 0.05) is 25.5 Å². The molecule has 0 spiro atoms. The quantitative estimate of drug-likeness (QED) is 0.866. The smallest absolute Gasteiger partial charge is 0.354 e. The van der Waals surface area contributed by atoms with Gasteiger partial charge in [0.25, 0.3) is 5.91 Å². The SMILES string of the molecule is O=C(O)c1cccc(C(=O)N2CCn3ccnc3C2)n1. The molecule has 0 fully saturated rings. The van der Waals surface area contributed by atoms with Crippen molar-refractivity contribution in [3.63, 3.8) is 0 Å². The van der Waals surface area contributed by atoms with Crippen molar-refractivity contribution in [1.29, 1.82) is 0 Å². The summed E-state index contributed by atoms with van der Waals surface area (Å²) in [6.07, 6.45) is 3.58. The highest BCUT2D eigenvalue weighted by Gasteiger charge is 2.23. The fraction of sp³-hybridized carbons (Fsp3) is 0.231. The van der Waals surface area contributed by atoms with Crippen LogP contribution in [0.3, 0.4) is 0 Å². The van der Waals surface area contributed by atoms with Gasteiger partial charge in [0.1, 0.15) is 17.2 Å². The van der Waals surface area contributed by atoms with Crippen LogP contribution in [0.1, 0.15) is 26.8 Å². The van der Waals surface area contributed by atoms with Crippen LogP contribution in [0.2, 0.25) is 0 Å². The van der Waals surface area contributed by atoms with Gasteiger partial charge >= 0.3 is 5.97 Å². The molecule has 7 nitrogen and oxygen atoms in total. The second kappa shape index (κ2) is 4.76. The molecule has 3 rings (SSSR count). The largest absolute Gasteiger partial charge is 0.477 e. The Morgan fingerprint density at radius 2 is 2.00 bits per heavy atom. The standard InChI is InChI=1S/C13H12N4O3/c18-12(9-2-1-3-10(15-9)13(19)20)17-7-6-16-5-4-14-11(16)8-17/h1-5H,6-8H2,(H,19,20). The molecule has 7 heteroatoms. The molecule has 1 amide bonds. The summed E-state index contributed by atoms with van der Waals surface area (Å²) in [7, 11) is 0. The molecular weight excluding hydrogens is 260 g/mol. The topological polar surface area (TPSA) is 88.3 Å². The summed E-state index contributed by atoms with van der Waals surface area (Å²) in [4.78, 5) is 32.9. The van der Waals surface area contributed by atoms with Gasteiger partial charge in [-0.15, -0.1) is 0 Å². The summed E-state index contributed by atoms with van der Waals surface area (Å²) < 4.78 is 1.99. The Bertz CT molecular complexity index is 680. The van der Waals surface area contributed by atoms with Gasteiger partial charge in [0.05, 0.1) is 6.54 Å². The second-order valence-electron chi connectivity index (χ2n) is 4.48. The lowest BCUT2D eigenvalue weighted by atomic mass is 10.2. The second-order valence-corrected chi connectivity index (χ2v) is 4.48. The van der Waals surface area contributed by atoms with Crippen molar-refractivity contribution in [2.75, 3.05) is 6.54 Å². The van der Waals surface area contributed by atoms with Crippen LogP contribution in [0.15, 0.2) is 30.6 Å². The number of amides is 1. The van der Waals surface area contributed by atoms with E-state index in [0.717, 1.165) is 5.82 Å². The third-order valence-electron chi connectivity index (χ3n) is 3.22. The number of pyridine rings is 1. The van der Waals surface area contributed by atoms with Crippen molar-refractivity contribution in [3.05, 3.63) is 47.8 Å². The maximum absolute atomic E-state index is 12.3. The van der Waals surface area contributed by atoms with Crippen LogP contribution in [0.25, 0.3) is 0 Å². The lowest BCUT2D eigenvalue weighted by Gasteiger charge is -2.27. The van der Waals surface area contributed by atoms with Gasteiger partial charge in [0.15, 0.2) is 0 Å². The Morgan fingerprint density at radius 3 is 2.80 bits per heavy atom. The zero-order chi connectivity index (χ0) is 14.1. The van der Waals surface area contributed by atoms with Crippen LogP contribution in [0, 0.1) is 0 Å². The summed E-state index contributed by atoms with van der Waals surface area (Å²) in [6, 6.07) is 4.41. The Balaban J connectivity index is 1.83. The van der Waals surface area contributed by atoms with Gasteiger partial charge in [-0.3, -0.25) is 4.79 Å². The van der Waals surface area contributed by atoms with Crippen LogP contribution in [0.4, 0.5) is 0 Å². The van der Waals surface area contributed by atoms with Gasteiger partial charge in [-0.05, 0) is 12.1 Å². The van der Waals surface area contributed by atoms with E-state index in [1.165, 1.54) is 18.2 Å². The molecule has 0 unspecified atom stereocenters. The molecule has 1 N–H and O–H groups in total. The van der Waals surface area contributed by atoms with Crippen molar-refractivity contribution in [2.24, 2.45) is 0 Å². The number of aromatic nitrogens is 3. The van der Waals surface area contributed by atoms with Crippen molar-refractivity contribution in [3.8, 4) is 0 Å². The van der Waals surface area contributed by atoms with Crippen molar-refractivity contribution in [2.45, 2.75) is 13.1 Å². The van der Waals surface area contributed by atoms with Gasteiger partial charge in [-0.2, -0.15) is 0 Å². The average Bonchev–Trinajstić information content (AvgIpc) is 2.94. The molecule has 0 atom stereocenters. The lowest BCUT2D eigenvalue weighted by Crippen LogP contribution is -2.38. The van der Waals surface area contributed by atoms with Crippen molar-refractivity contribution >= 4 is 11.9 Å². The molecule has 1 aliphatic rings. The van der Waals surface area contributed by atoms with Gasteiger partial charge in [-0.25, -0.2) is 14.8 Å². The maximum Gasteiger partial charge on any atom is 0.354 e.